The standard InChI is InChI=1S/C10H23N3O/c1-8(7-14-6)13(5)9(11)12-10(2,3)4/h8H,7H2,1-6H3,(H2,11,12). The highest BCUT2D eigenvalue weighted by atomic mass is 16.5. The van der Waals surface area contributed by atoms with E-state index in [-0.39, 0.29) is 11.6 Å². The van der Waals surface area contributed by atoms with Gasteiger partial charge in [0.2, 0.25) is 0 Å². The predicted octanol–water partition coefficient (Wildman–Crippen LogP) is 1.07. The van der Waals surface area contributed by atoms with Gasteiger partial charge in [0.25, 0.3) is 0 Å². The van der Waals surface area contributed by atoms with Gasteiger partial charge in [-0.2, -0.15) is 0 Å². The summed E-state index contributed by atoms with van der Waals surface area (Å²) in [6.45, 7) is 8.77. The molecule has 0 heterocycles. The highest BCUT2D eigenvalue weighted by Crippen LogP contribution is 2.07. The van der Waals surface area contributed by atoms with E-state index in [9.17, 15) is 0 Å². The lowest BCUT2D eigenvalue weighted by Crippen LogP contribution is -2.43. The number of ether oxygens (including phenoxy) is 1. The van der Waals surface area contributed by atoms with Gasteiger partial charge in [0.05, 0.1) is 18.2 Å². The van der Waals surface area contributed by atoms with E-state index in [1.165, 1.54) is 0 Å². The summed E-state index contributed by atoms with van der Waals surface area (Å²) in [5.74, 6) is 0.557. The fourth-order valence-corrected chi connectivity index (χ4v) is 1.00. The summed E-state index contributed by atoms with van der Waals surface area (Å²) in [7, 11) is 3.61. The molecule has 0 spiro atoms. The first-order valence-electron chi connectivity index (χ1n) is 4.85. The lowest BCUT2D eigenvalue weighted by atomic mass is 10.1. The zero-order chi connectivity index (χ0) is 11.4. The van der Waals surface area contributed by atoms with Crippen LogP contribution >= 0.6 is 0 Å². The molecule has 0 aliphatic heterocycles. The van der Waals surface area contributed by atoms with E-state index in [4.69, 9.17) is 10.5 Å². The van der Waals surface area contributed by atoms with Crippen molar-refractivity contribution in [3.63, 3.8) is 0 Å². The molecule has 0 aliphatic carbocycles. The Bertz CT molecular complexity index is 196. The zero-order valence-corrected chi connectivity index (χ0v) is 10.2. The zero-order valence-electron chi connectivity index (χ0n) is 10.2. The molecular weight excluding hydrogens is 178 g/mol. The Hall–Kier alpha value is -0.770. The van der Waals surface area contributed by atoms with Gasteiger partial charge in [0.1, 0.15) is 0 Å². The van der Waals surface area contributed by atoms with Crippen molar-refractivity contribution in [2.45, 2.75) is 39.3 Å². The molecule has 1 unspecified atom stereocenters. The Morgan fingerprint density at radius 1 is 1.50 bits per heavy atom. The van der Waals surface area contributed by atoms with Crippen LogP contribution in [-0.4, -0.2) is 43.2 Å². The molecule has 4 heteroatoms. The Kier molecular flexibility index (Phi) is 4.91. The summed E-state index contributed by atoms with van der Waals surface area (Å²) >= 11 is 0. The van der Waals surface area contributed by atoms with Crippen LogP contribution < -0.4 is 5.73 Å². The summed E-state index contributed by atoms with van der Waals surface area (Å²) in [5.41, 5.74) is 5.72. The molecule has 0 saturated heterocycles. The predicted molar refractivity (Wildman–Crippen MR) is 60.5 cm³/mol. The minimum absolute atomic E-state index is 0.134. The van der Waals surface area contributed by atoms with Crippen molar-refractivity contribution in [3.05, 3.63) is 0 Å². The van der Waals surface area contributed by atoms with Gasteiger partial charge in [-0.25, -0.2) is 4.99 Å². The van der Waals surface area contributed by atoms with Crippen molar-refractivity contribution < 1.29 is 4.74 Å². The third-order valence-electron chi connectivity index (χ3n) is 1.88. The number of nitrogens with two attached hydrogens (primary N) is 1. The van der Waals surface area contributed by atoms with Crippen LogP contribution in [0.15, 0.2) is 4.99 Å². The topological polar surface area (TPSA) is 50.9 Å². The Labute approximate surface area is 87.1 Å². The Morgan fingerprint density at radius 2 is 2.00 bits per heavy atom. The van der Waals surface area contributed by atoms with E-state index in [1.54, 1.807) is 7.11 Å². The van der Waals surface area contributed by atoms with E-state index >= 15 is 0 Å². The van der Waals surface area contributed by atoms with Crippen molar-refractivity contribution >= 4 is 5.96 Å². The number of nitrogens with zero attached hydrogens (tertiary/aromatic N) is 2. The monoisotopic (exact) mass is 201 g/mol. The molecule has 0 fully saturated rings. The molecule has 84 valence electrons. The molecule has 0 bridgehead atoms. The number of hydrogen-bond acceptors (Lipinski definition) is 2. The fraction of sp³-hybridized carbons (Fsp3) is 0.900. The molecule has 0 aliphatic rings. The van der Waals surface area contributed by atoms with Gasteiger partial charge < -0.3 is 15.4 Å². The van der Waals surface area contributed by atoms with Crippen molar-refractivity contribution in [3.8, 4) is 0 Å². The lowest BCUT2D eigenvalue weighted by molar-refractivity contribution is 0.145. The summed E-state index contributed by atoms with van der Waals surface area (Å²) in [6.07, 6.45) is 0. The van der Waals surface area contributed by atoms with Gasteiger partial charge in [0.15, 0.2) is 5.96 Å². The molecule has 14 heavy (non-hydrogen) atoms. The van der Waals surface area contributed by atoms with Crippen molar-refractivity contribution in [1.29, 1.82) is 0 Å². The SMILES string of the molecule is COCC(C)N(C)C(N)=NC(C)(C)C. The van der Waals surface area contributed by atoms with Crippen LogP contribution in [0.5, 0.6) is 0 Å². The molecule has 0 aromatic carbocycles. The molecule has 0 rings (SSSR count). The first kappa shape index (κ1) is 13.2. The van der Waals surface area contributed by atoms with E-state index in [2.05, 4.69) is 11.9 Å². The molecule has 2 N–H and O–H groups in total. The number of aliphatic imine (C=N–C) groups is 1. The molecule has 0 radical (unpaired) electrons. The average Bonchev–Trinajstić information content (AvgIpc) is 2.00. The maximum Gasteiger partial charge on any atom is 0.191 e. The van der Waals surface area contributed by atoms with Gasteiger partial charge >= 0.3 is 0 Å². The normalized spacial score (nSPS) is 15.4. The Balaban J connectivity index is 4.38. The van der Waals surface area contributed by atoms with E-state index in [0.29, 0.717) is 12.6 Å². The van der Waals surface area contributed by atoms with Crippen LogP contribution in [0.4, 0.5) is 0 Å². The minimum atomic E-state index is -0.134. The fourth-order valence-electron chi connectivity index (χ4n) is 1.00. The first-order chi connectivity index (χ1) is 6.28. The highest BCUT2D eigenvalue weighted by Gasteiger charge is 2.14. The van der Waals surface area contributed by atoms with Crippen LogP contribution in [0.1, 0.15) is 27.7 Å². The molecular formula is C10H23N3O. The largest absolute Gasteiger partial charge is 0.383 e. The molecule has 1 atom stereocenters. The third-order valence-corrected chi connectivity index (χ3v) is 1.88. The second kappa shape index (κ2) is 5.20. The van der Waals surface area contributed by atoms with Gasteiger partial charge in [-0.3, -0.25) is 0 Å². The summed E-state index contributed by atoms with van der Waals surface area (Å²) in [4.78, 5) is 6.30. The van der Waals surface area contributed by atoms with Crippen LogP contribution in [-0.2, 0) is 4.74 Å². The van der Waals surface area contributed by atoms with Crippen molar-refractivity contribution in [1.82, 2.24) is 4.90 Å². The molecule has 0 saturated carbocycles. The van der Waals surface area contributed by atoms with Gasteiger partial charge in [-0.05, 0) is 27.7 Å². The van der Waals surface area contributed by atoms with E-state index in [0.717, 1.165) is 0 Å². The molecule has 0 amide bonds. The van der Waals surface area contributed by atoms with Crippen molar-refractivity contribution in [2.24, 2.45) is 10.7 Å². The van der Waals surface area contributed by atoms with Gasteiger partial charge in [-0.15, -0.1) is 0 Å². The number of likely N-dealkylation sites (N-methyl/N-ethyl adjacent to an activating group) is 1. The van der Waals surface area contributed by atoms with E-state index < -0.39 is 0 Å². The number of rotatable bonds is 3. The quantitative estimate of drug-likeness (QED) is 0.549. The summed E-state index contributed by atoms with van der Waals surface area (Å²) in [6, 6.07) is 0.242. The number of hydrogen-bond donors (Lipinski definition) is 1. The maximum absolute atomic E-state index is 5.85. The lowest BCUT2D eigenvalue weighted by Gasteiger charge is -2.27. The number of methoxy groups -OCH3 is 1. The van der Waals surface area contributed by atoms with E-state index in [1.807, 2.05) is 32.7 Å². The van der Waals surface area contributed by atoms with Crippen LogP contribution in [0, 0.1) is 0 Å². The third kappa shape index (κ3) is 5.07. The second-order valence-electron chi connectivity index (χ2n) is 4.56. The smallest absolute Gasteiger partial charge is 0.191 e. The van der Waals surface area contributed by atoms with Crippen LogP contribution in [0.2, 0.25) is 0 Å². The maximum atomic E-state index is 5.85. The Morgan fingerprint density at radius 3 is 2.36 bits per heavy atom. The molecule has 0 aromatic heterocycles. The van der Waals surface area contributed by atoms with Crippen LogP contribution in [0.3, 0.4) is 0 Å². The summed E-state index contributed by atoms with van der Waals surface area (Å²) < 4.78 is 5.05. The van der Waals surface area contributed by atoms with Gasteiger partial charge in [-0.1, -0.05) is 0 Å². The average molecular weight is 201 g/mol. The van der Waals surface area contributed by atoms with Gasteiger partial charge in [0, 0.05) is 14.2 Å². The highest BCUT2D eigenvalue weighted by molar-refractivity contribution is 5.78. The molecule has 4 nitrogen and oxygen atoms in total. The second-order valence-corrected chi connectivity index (χ2v) is 4.56. The molecule has 0 aromatic rings. The van der Waals surface area contributed by atoms with Crippen LogP contribution in [0.25, 0.3) is 0 Å². The van der Waals surface area contributed by atoms with Crippen molar-refractivity contribution in [2.75, 3.05) is 20.8 Å². The minimum Gasteiger partial charge on any atom is -0.383 e. The first-order valence-corrected chi connectivity index (χ1v) is 4.85. The number of guanidine groups is 1. The summed E-state index contributed by atoms with van der Waals surface area (Å²) in [5, 5.41) is 0.